The highest BCUT2D eigenvalue weighted by Gasteiger charge is 2.41. The Morgan fingerprint density at radius 1 is 0.944 bits per heavy atom. The third-order valence-electron chi connectivity index (χ3n) is 8.08. The number of carbonyl (C=O) groups is 1. The molecule has 1 aromatic carbocycles. The van der Waals surface area contributed by atoms with E-state index in [0.29, 0.717) is 5.56 Å². The van der Waals surface area contributed by atoms with Gasteiger partial charge in [-0.2, -0.15) is 0 Å². The SMILES string of the molecule is CC1(C)CCC(C)(C)c2nc3c(nc21)CCc1c(-c2ccc(C=O)cc2)cn(Cc2cccnc2)c1-3. The number of hydrogen-bond acceptors (Lipinski definition) is 4. The summed E-state index contributed by atoms with van der Waals surface area (Å²) in [5, 5.41) is 0. The lowest BCUT2D eigenvalue weighted by Gasteiger charge is -2.40. The van der Waals surface area contributed by atoms with Crippen LogP contribution in [0.15, 0.2) is 55.0 Å². The molecule has 0 N–H and O–H groups in total. The Bertz CT molecular complexity index is 1460. The van der Waals surface area contributed by atoms with E-state index in [2.05, 4.69) is 49.5 Å². The lowest BCUT2D eigenvalue weighted by atomic mass is 9.67. The summed E-state index contributed by atoms with van der Waals surface area (Å²) >= 11 is 0. The quantitative estimate of drug-likeness (QED) is 0.324. The molecule has 0 fully saturated rings. The van der Waals surface area contributed by atoms with E-state index in [-0.39, 0.29) is 10.8 Å². The van der Waals surface area contributed by atoms with E-state index >= 15 is 0 Å². The molecule has 3 heterocycles. The molecule has 0 bridgehead atoms. The molecule has 0 spiro atoms. The van der Waals surface area contributed by atoms with Crippen LogP contribution in [0.1, 0.15) is 79.1 Å². The van der Waals surface area contributed by atoms with Crippen LogP contribution in [0.25, 0.3) is 22.5 Å². The van der Waals surface area contributed by atoms with E-state index in [1.54, 1.807) is 0 Å². The van der Waals surface area contributed by atoms with Gasteiger partial charge in [-0.1, -0.05) is 58.0 Å². The molecule has 5 nitrogen and oxygen atoms in total. The first kappa shape index (κ1) is 22.8. The van der Waals surface area contributed by atoms with Crippen molar-refractivity contribution in [3.63, 3.8) is 0 Å². The van der Waals surface area contributed by atoms with Crippen molar-refractivity contribution in [2.45, 2.75) is 70.8 Å². The highest BCUT2D eigenvalue weighted by atomic mass is 16.1. The van der Waals surface area contributed by atoms with E-state index in [0.717, 1.165) is 66.7 Å². The third kappa shape index (κ3) is 3.69. The molecule has 0 atom stereocenters. The molecular formula is C31H32N4O. The van der Waals surface area contributed by atoms with Crippen LogP contribution in [0.3, 0.4) is 0 Å². The Labute approximate surface area is 212 Å². The Morgan fingerprint density at radius 2 is 1.67 bits per heavy atom. The standard InChI is InChI=1S/C31H32N4O/c1-30(2)13-14-31(3,4)29-28(30)33-25-12-11-23-24(22-9-7-20(19-36)8-10-22)18-35(27(23)26(25)34-29)17-21-6-5-15-32-16-21/h5-10,15-16,18-19H,11-14,17H2,1-4H3. The molecule has 0 saturated heterocycles. The van der Waals surface area contributed by atoms with Crippen molar-refractivity contribution in [2.24, 2.45) is 0 Å². The summed E-state index contributed by atoms with van der Waals surface area (Å²) in [4.78, 5) is 26.3. The van der Waals surface area contributed by atoms with Gasteiger partial charge in [0, 0.05) is 47.1 Å². The highest BCUT2D eigenvalue weighted by Crippen LogP contribution is 2.47. The van der Waals surface area contributed by atoms with Gasteiger partial charge in [0.1, 0.15) is 12.0 Å². The Morgan fingerprint density at radius 3 is 2.33 bits per heavy atom. The fraction of sp³-hybridized carbons (Fsp3) is 0.355. The molecule has 6 rings (SSSR count). The van der Waals surface area contributed by atoms with Crippen molar-refractivity contribution in [1.29, 1.82) is 0 Å². The lowest BCUT2D eigenvalue weighted by molar-refractivity contribution is 0.112. The van der Waals surface area contributed by atoms with E-state index in [9.17, 15) is 4.79 Å². The first-order valence-electron chi connectivity index (χ1n) is 12.9. The molecule has 2 aliphatic rings. The van der Waals surface area contributed by atoms with Gasteiger partial charge >= 0.3 is 0 Å². The summed E-state index contributed by atoms with van der Waals surface area (Å²) in [5.41, 5.74) is 11.2. The van der Waals surface area contributed by atoms with Gasteiger partial charge in [0.15, 0.2) is 0 Å². The fourth-order valence-corrected chi connectivity index (χ4v) is 5.82. The minimum Gasteiger partial charge on any atom is -0.341 e. The Hall–Kier alpha value is -3.60. The van der Waals surface area contributed by atoms with Crippen molar-refractivity contribution in [2.75, 3.05) is 0 Å². The third-order valence-corrected chi connectivity index (χ3v) is 8.08. The summed E-state index contributed by atoms with van der Waals surface area (Å²) in [6.07, 6.45) is 10.9. The molecule has 36 heavy (non-hydrogen) atoms. The van der Waals surface area contributed by atoms with Gasteiger partial charge in [0.25, 0.3) is 0 Å². The van der Waals surface area contributed by atoms with Gasteiger partial charge < -0.3 is 4.57 Å². The Kier molecular flexibility index (Phi) is 5.22. The van der Waals surface area contributed by atoms with E-state index in [1.165, 1.54) is 22.5 Å². The number of pyridine rings is 1. The van der Waals surface area contributed by atoms with Crippen LogP contribution in [0.4, 0.5) is 0 Å². The number of aldehydes is 1. The maximum absolute atomic E-state index is 11.2. The zero-order valence-electron chi connectivity index (χ0n) is 21.5. The van der Waals surface area contributed by atoms with Crippen LogP contribution in [0.5, 0.6) is 0 Å². The lowest BCUT2D eigenvalue weighted by Crippen LogP contribution is -2.37. The number of benzene rings is 1. The van der Waals surface area contributed by atoms with Crippen LogP contribution in [-0.4, -0.2) is 25.8 Å². The summed E-state index contributed by atoms with van der Waals surface area (Å²) in [6.45, 7) is 9.95. The molecule has 2 aliphatic carbocycles. The molecule has 0 aliphatic heterocycles. The average molecular weight is 477 g/mol. The highest BCUT2D eigenvalue weighted by molar-refractivity contribution is 5.81. The van der Waals surface area contributed by atoms with Crippen LogP contribution in [0, 0.1) is 0 Å². The molecule has 5 heteroatoms. The van der Waals surface area contributed by atoms with Crippen molar-refractivity contribution in [3.8, 4) is 22.5 Å². The van der Waals surface area contributed by atoms with Gasteiger partial charge in [-0.3, -0.25) is 14.8 Å². The minimum absolute atomic E-state index is 0.00123. The van der Waals surface area contributed by atoms with Crippen molar-refractivity contribution in [3.05, 3.63) is 88.8 Å². The molecule has 4 aromatic rings. The summed E-state index contributed by atoms with van der Waals surface area (Å²) < 4.78 is 2.33. The second-order valence-corrected chi connectivity index (χ2v) is 11.6. The first-order chi connectivity index (χ1) is 17.3. The van der Waals surface area contributed by atoms with E-state index in [1.807, 2.05) is 42.7 Å². The largest absolute Gasteiger partial charge is 0.341 e. The number of hydrogen-bond donors (Lipinski definition) is 0. The van der Waals surface area contributed by atoms with Gasteiger partial charge in [-0.05, 0) is 48.4 Å². The molecule has 0 saturated carbocycles. The van der Waals surface area contributed by atoms with Crippen molar-refractivity contribution >= 4 is 6.29 Å². The van der Waals surface area contributed by atoms with Crippen molar-refractivity contribution < 1.29 is 4.79 Å². The number of rotatable bonds is 4. The molecule has 0 radical (unpaired) electrons. The average Bonchev–Trinajstić information content (AvgIpc) is 3.25. The maximum atomic E-state index is 11.2. The first-order valence-corrected chi connectivity index (χ1v) is 12.9. The topological polar surface area (TPSA) is 60.7 Å². The second-order valence-electron chi connectivity index (χ2n) is 11.6. The number of fused-ring (bicyclic) bond motifs is 4. The van der Waals surface area contributed by atoms with Crippen molar-refractivity contribution in [1.82, 2.24) is 19.5 Å². The number of aromatic nitrogens is 4. The number of carbonyl (C=O) groups excluding carboxylic acids is 1. The second kappa shape index (κ2) is 8.22. The van der Waals surface area contributed by atoms with Gasteiger partial charge in [-0.15, -0.1) is 0 Å². The summed E-state index contributed by atoms with van der Waals surface area (Å²) in [7, 11) is 0. The van der Waals surface area contributed by atoms with Crippen LogP contribution < -0.4 is 0 Å². The zero-order valence-corrected chi connectivity index (χ0v) is 21.5. The zero-order chi connectivity index (χ0) is 25.1. The van der Waals surface area contributed by atoms with E-state index < -0.39 is 0 Å². The minimum atomic E-state index is -0.00123. The normalized spacial score (nSPS) is 17.1. The van der Waals surface area contributed by atoms with Crippen LogP contribution in [0.2, 0.25) is 0 Å². The summed E-state index contributed by atoms with van der Waals surface area (Å²) in [6, 6.07) is 12.0. The molecule has 3 aromatic heterocycles. The smallest absolute Gasteiger partial charge is 0.150 e. The van der Waals surface area contributed by atoms with Crippen LogP contribution >= 0.6 is 0 Å². The molecule has 0 unspecified atom stereocenters. The summed E-state index contributed by atoms with van der Waals surface area (Å²) in [5.74, 6) is 0. The van der Waals surface area contributed by atoms with Gasteiger partial charge in [0.05, 0.1) is 22.8 Å². The predicted octanol–water partition coefficient (Wildman–Crippen LogP) is 6.32. The molecular weight excluding hydrogens is 444 g/mol. The maximum Gasteiger partial charge on any atom is 0.150 e. The monoisotopic (exact) mass is 476 g/mol. The van der Waals surface area contributed by atoms with Gasteiger partial charge in [-0.25, -0.2) is 4.98 Å². The molecule has 0 amide bonds. The van der Waals surface area contributed by atoms with Gasteiger partial charge in [0.2, 0.25) is 0 Å². The number of aryl methyl sites for hydroxylation is 1. The predicted molar refractivity (Wildman–Crippen MR) is 142 cm³/mol. The van der Waals surface area contributed by atoms with Crippen LogP contribution in [-0.2, 0) is 30.2 Å². The Balaban J connectivity index is 1.57. The van der Waals surface area contributed by atoms with E-state index in [4.69, 9.17) is 9.97 Å². The fourth-order valence-electron chi connectivity index (χ4n) is 5.82. The number of nitrogens with zero attached hydrogens (tertiary/aromatic N) is 4. The molecule has 182 valence electrons.